The lowest BCUT2D eigenvalue weighted by Crippen LogP contribution is -2.27. The molecule has 4 heteroatoms. The molecular formula is C14H20N2OS. The molecule has 0 spiro atoms. The molecule has 2 saturated carbocycles. The molecule has 3 nitrogen and oxygen atoms in total. The molecule has 0 unspecified atom stereocenters. The van der Waals surface area contributed by atoms with Crippen LogP contribution in [0.5, 0.6) is 0 Å². The van der Waals surface area contributed by atoms with Gasteiger partial charge in [-0.3, -0.25) is 4.79 Å². The fraction of sp³-hybridized carbons (Fsp3) is 0.714. The van der Waals surface area contributed by atoms with Gasteiger partial charge >= 0.3 is 0 Å². The number of carbonyl (C=O) groups excluding carboxylic acids is 1. The maximum atomic E-state index is 11.8. The van der Waals surface area contributed by atoms with E-state index in [0.717, 1.165) is 17.8 Å². The Morgan fingerprint density at radius 1 is 1.17 bits per heavy atom. The minimum Gasteiger partial charge on any atom is -0.316 e. The van der Waals surface area contributed by atoms with Crippen molar-refractivity contribution in [1.82, 2.24) is 4.98 Å². The van der Waals surface area contributed by atoms with Crippen molar-refractivity contribution in [2.75, 3.05) is 5.32 Å². The zero-order valence-corrected chi connectivity index (χ0v) is 11.5. The quantitative estimate of drug-likeness (QED) is 0.898. The van der Waals surface area contributed by atoms with Gasteiger partial charge in [-0.1, -0.05) is 25.7 Å². The lowest BCUT2D eigenvalue weighted by Gasteiger charge is -2.23. The molecule has 1 heterocycles. The number of nitrogens with zero attached hydrogens (tertiary/aromatic N) is 1. The number of aromatic nitrogens is 1. The van der Waals surface area contributed by atoms with Crippen LogP contribution in [0.25, 0.3) is 0 Å². The molecule has 0 atom stereocenters. The zero-order valence-electron chi connectivity index (χ0n) is 10.7. The van der Waals surface area contributed by atoms with Crippen molar-refractivity contribution in [3.05, 3.63) is 11.2 Å². The molecule has 0 aromatic carbocycles. The van der Waals surface area contributed by atoms with Crippen LogP contribution in [0.4, 0.5) is 5.00 Å². The highest BCUT2D eigenvalue weighted by Crippen LogP contribution is 2.36. The van der Waals surface area contributed by atoms with Gasteiger partial charge in [0.15, 0.2) is 0 Å². The number of rotatable bonds is 3. The molecule has 0 bridgehead atoms. The monoisotopic (exact) mass is 264 g/mol. The van der Waals surface area contributed by atoms with Crippen LogP contribution >= 0.6 is 11.3 Å². The summed E-state index contributed by atoms with van der Waals surface area (Å²) in [6, 6.07) is 0. The lowest BCUT2D eigenvalue weighted by atomic mass is 9.85. The lowest BCUT2D eigenvalue weighted by molar-refractivity contribution is -0.122. The van der Waals surface area contributed by atoms with Gasteiger partial charge in [0.25, 0.3) is 0 Å². The second-order valence-electron chi connectivity index (χ2n) is 5.51. The average molecular weight is 264 g/mol. The molecule has 1 aromatic heterocycles. The summed E-state index contributed by atoms with van der Waals surface area (Å²) in [5.41, 5.74) is 0. The summed E-state index contributed by atoms with van der Waals surface area (Å²) < 4.78 is 0. The first-order valence-corrected chi connectivity index (χ1v) is 7.91. The van der Waals surface area contributed by atoms with E-state index in [1.807, 2.05) is 6.20 Å². The van der Waals surface area contributed by atoms with Gasteiger partial charge in [-0.05, 0) is 25.7 Å². The van der Waals surface area contributed by atoms with Gasteiger partial charge in [0, 0.05) is 11.8 Å². The number of carbonyl (C=O) groups is 1. The second-order valence-corrected chi connectivity index (χ2v) is 6.58. The summed E-state index contributed by atoms with van der Waals surface area (Å²) in [4.78, 5) is 16.3. The standard InChI is InChI=1S/C14H20N2OS/c17-13(10-7-4-8-10)16-12-9-15-14(18-12)11-5-2-1-3-6-11/h9-11H,1-8H2,(H,16,17). The van der Waals surface area contributed by atoms with Gasteiger partial charge in [-0.25, -0.2) is 4.98 Å². The van der Waals surface area contributed by atoms with Crippen LogP contribution in [0.2, 0.25) is 0 Å². The van der Waals surface area contributed by atoms with Gasteiger partial charge in [-0.15, -0.1) is 11.3 Å². The van der Waals surface area contributed by atoms with E-state index < -0.39 is 0 Å². The first-order valence-electron chi connectivity index (χ1n) is 7.09. The van der Waals surface area contributed by atoms with E-state index in [1.54, 1.807) is 11.3 Å². The van der Waals surface area contributed by atoms with Gasteiger partial charge < -0.3 is 5.32 Å². The maximum absolute atomic E-state index is 11.8. The minimum atomic E-state index is 0.195. The van der Waals surface area contributed by atoms with Crippen LogP contribution in [-0.2, 0) is 4.79 Å². The maximum Gasteiger partial charge on any atom is 0.228 e. The Bertz CT molecular complexity index is 419. The minimum absolute atomic E-state index is 0.195. The molecule has 0 saturated heterocycles. The second kappa shape index (κ2) is 5.39. The van der Waals surface area contributed by atoms with E-state index in [9.17, 15) is 4.79 Å². The molecule has 2 fully saturated rings. The van der Waals surface area contributed by atoms with Crippen LogP contribution in [0.3, 0.4) is 0 Å². The van der Waals surface area contributed by atoms with Crippen LogP contribution in [0.15, 0.2) is 6.20 Å². The molecule has 98 valence electrons. The summed E-state index contributed by atoms with van der Waals surface area (Å²) in [5, 5.41) is 5.18. The third-order valence-electron chi connectivity index (χ3n) is 4.20. The molecule has 1 amide bonds. The molecule has 3 rings (SSSR count). The Balaban J connectivity index is 1.60. The first-order chi connectivity index (χ1) is 8.83. The van der Waals surface area contributed by atoms with Crippen molar-refractivity contribution in [2.45, 2.75) is 57.3 Å². The number of amides is 1. The van der Waals surface area contributed by atoms with Crippen molar-refractivity contribution < 1.29 is 4.79 Å². The molecule has 0 aliphatic heterocycles. The Morgan fingerprint density at radius 3 is 2.61 bits per heavy atom. The van der Waals surface area contributed by atoms with E-state index >= 15 is 0 Å². The Hall–Kier alpha value is -0.900. The number of hydrogen-bond acceptors (Lipinski definition) is 3. The first kappa shape index (κ1) is 12.2. The van der Waals surface area contributed by atoms with Gasteiger partial charge in [0.2, 0.25) is 5.91 Å². The van der Waals surface area contributed by atoms with Crippen LogP contribution in [0.1, 0.15) is 62.3 Å². The largest absolute Gasteiger partial charge is 0.316 e. The normalized spacial score (nSPS) is 21.6. The summed E-state index contributed by atoms with van der Waals surface area (Å²) in [6.07, 6.45) is 11.7. The predicted molar refractivity (Wildman–Crippen MR) is 73.9 cm³/mol. The highest BCUT2D eigenvalue weighted by Gasteiger charge is 2.26. The van der Waals surface area contributed by atoms with Gasteiger partial charge in [0.1, 0.15) is 5.00 Å². The molecule has 18 heavy (non-hydrogen) atoms. The van der Waals surface area contributed by atoms with Crippen molar-refractivity contribution in [2.24, 2.45) is 5.92 Å². The molecule has 1 N–H and O–H groups in total. The van der Waals surface area contributed by atoms with E-state index in [4.69, 9.17) is 0 Å². The predicted octanol–water partition coefficient (Wildman–Crippen LogP) is 3.93. The van der Waals surface area contributed by atoms with Gasteiger partial charge in [0.05, 0.1) is 11.2 Å². The SMILES string of the molecule is O=C(Nc1cnc(C2CCCCC2)s1)C1CCC1. The van der Waals surface area contributed by atoms with Crippen LogP contribution < -0.4 is 5.32 Å². The number of thiazole rings is 1. The number of hydrogen-bond donors (Lipinski definition) is 1. The van der Waals surface area contributed by atoms with E-state index in [2.05, 4.69) is 10.3 Å². The highest BCUT2D eigenvalue weighted by molar-refractivity contribution is 7.15. The summed E-state index contributed by atoms with van der Waals surface area (Å²) in [7, 11) is 0. The molecule has 0 radical (unpaired) electrons. The van der Waals surface area contributed by atoms with E-state index in [0.29, 0.717) is 5.92 Å². The smallest absolute Gasteiger partial charge is 0.228 e. The van der Waals surface area contributed by atoms with Crippen molar-refractivity contribution in [1.29, 1.82) is 0 Å². The van der Waals surface area contributed by atoms with Crippen molar-refractivity contribution in [3.63, 3.8) is 0 Å². The molecule has 2 aliphatic carbocycles. The number of anilines is 1. The van der Waals surface area contributed by atoms with E-state index in [1.165, 1.54) is 43.5 Å². The molecule has 1 aromatic rings. The Kier molecular flexibility index (Phi) is 3.64. The van der Waals surface area contributed by atoms with Gasteiger partial charge in [-0.2, -0.15) is 0 Å². The molecule has 2 aliphatic rings. The average Bonchev–Trinajstić information content (AvgIpc) is 2.76. The van der Waals surface area contributed by atoms with Crippen molar-refractivity contribution in [3.8, 4) is 0 Å². The third-order valence-corrected chi connectivity index (χ3v) is 5.28. The Morgan fingerprint density at radius 2 is 1.94 bits per heavy atom. The zero-order chi connectivity index (χ0) is 12.4. The fourth-order valence-electron chi connectivity index (χ4n) is 2.78. The highest BCUT2D eigenvalue weighted by atomic mass is 32.1. The Labute approximate surface area is 112 Å². The summed E-state index contributed by atoms with van der Waals surface area (Å²) in [6.45, 7) is 0. The topological polar surface area (TPSA) is 42.0 Å². The fourth-order valence-corrected chi connectivity index (χ4v) is 3.77. The third kappa shape index (κ3) is 2.58. The van der Waals surface area contributed by atoms with Crippen molar-refractivity contribution >= 4 is 22.2 Å². The van der Waals surface area contributed by atoms with Crippen LogP contribution in [-0.4, -0.2) is 10.9 Å². The summed E-state index contributed by atoms with van der Waals surface area (Å²) >= 11 is 1.68. The van der Waals surface area contributed by atoms with Crippen LogP contribution in [0, 0.1) is 5.92 Å². The van der Waals surface area contributed by atoms with E-state index in [-0.39, 0.29) is 11.8 Å². The molecular weight excluding hydrogens is 244 g/mol. The number of nitrogens with one attached hydrogen (secondary N) is 1. The summed E-state index contributed by atoms with van der Waals surface area (Å²) in [5.74, 6) is 1.09.